The molecule has 0 aromatic heterocycles. The minimum atomic E-state index is 0.579. The van der Waals surface area contributed by atoms with Gasteiger partial charge in [-0.25, -0.2) is 0 Å². The second-order valence-corrected chi connectivity index (χ2v) is 6.74. The molecule has 1 aliphatic carbocycles. The summed E-state index contributed by atoms with van der Waals surface area (Å²) in [4.78, 5) is 2.70. The summed E-state index contributed by atoms with van der Waals surface area (Å²) in [5.74, 6) is 0. The van der Waals surface area contributed by atoms with Gasteiger partial charge in [-0.1, -0.05) is 39.0 Å². The third-order valence-electron chi connectivity index (χ3n) is 5.15. The van der Waals surface area contributed by atoms with Crippen LogP contribution in [0, 0.1) is 5.41 Å². The van der Waals surface area contributed by atoms with E-state index in [0.29, 0.717) is 5.41 Å². The molecule has 2 fully saturated rings. The van der Waals surface area contributed by atoms with E-state index < -0.39 is 0 Å². The van der Waals surface area contributed by atoms with Crippen molar-refractivity contribution in [1.82, 2.24) is 10.2 Å². The number of hydrogen-bond donors (Lipinski definition) is 1. The average Bonchev–Trinajstić information content (AvgIpc) is 2.66. The zero-order valence-corrected chi connectivity index (χ0v) is 12.5. The molecule has 0 aromatic rings. The van der Waals surface area contributed by atoms with E-state index in [9.17, 15) is 0 Å². The Labute approximate surface area is 114 Å². The Balaban J connectivity index is 1.89. The molecule has 0 aromatic carbocycles. The van der Waals surface area contributed by atoms with Gasteiger partial charge in [0.2, 0.25) is 0 Å². The van der Waals surface area contributed by atoms with Gasteiger partial charge in [0.15, 0.2) is 0 Å². The van der Waals surface area contributed by atoms with Crippen LogP contribution < -0.4 is 5.32 Å². The molecule has 1 unspecified atom stereocenters. The first-order valence-corrected chi connectivity index (χ1v) is 8.17. The summed E-state index contributed by atoms with van der Waals surface area (Å²) in [6.07, 6.45) is 12.8. The van der Waals surface area contributed by atoms with Crippen LogP contribution in [0.25, 0.3) is 0 Å². The molecule has 0 radical (unpaired) electrons. The Morgan fingerprint density at radius 1 is 1.17 bits per heavy atom. The summed E-state index contributed by atoms with van der Waals surface area (Å²) < 4.78 is 0. The van der Waals surface area contributed by atoms with Gasteiger partial charge in [0.25, 0.3) is 0 Å². The van der Waals surface area contributed by atoms with E-state index in [1.54, 1.807) is 0 Å². The van der Waals surface area contributed by atoms with Gasteiger partial charge in [-0.15, -0.1) is 0 Å². The van der Waals surface area contributed by atoms with Gasteiger partial charge >= 0.3 is 0 Å². The first-order chi connectivity index (χ1) is 8.76. The summed E-state index contributed by atoms with van der Waals surface area (Å²) in [6.45, 7) is 6.14. The van der Waals surface area contributed by atoms with Crippen molar-refractivity contribution in [2.24, 2.45) is 5.41 Å². The standard InChI is InChI=1S/C16H32N2/c1-3-10-16(11-12-17-13-16)14-18(2)15-8-6-4-5-7-9-15/h15,17H,3-14H2,1-2H3. The van der Waals surface area contributed by atoms with E-state index in [-0.39, 0.29) is 0 Å². The summed E-state index contributed by atoms with van der Waals surface area (Å²) in [5, 5.41) is 3.59. The number of nitrogens with zero attached hydrogens (tertiary/aromatic N) is 1. The van der Waals surface area contributed by atoms with Crippen LogP contribution in [0.5, 0.6) is 0 Å². The molecule has 1 saturated carbocycles. The van der Waals surface area contributed by atoms with Crippen LogP contribution in [0.2, 0.25) is 0 Å². The molecular formula is C16H32N2. The third-order valence-corrected chi connectivity index (χ3v) is 5.15. The fourth-order valence-corrected chi connectivity index (χ4v) is 4.11. The van der Waals surface area contributed by atoms with Crippen molar-refractivity contribution in [1.29, 1.82) is 0 Å². The molecule has 2 heteroatoms. The highest BCUT2D eigenvalue weighted by atomic mass is 15.1. The van der Waals surface area contributed by atoms with E-state index in [2.05, 4.69) is 24.2 Å². The molecule has 1 aliphatic heterocycles. The third kappa shape index (κ3) is 3.71. The second-order valence-electron chi connectivity index (χ2n) is 6.74. The average molecular weight is 252 g/mol. The van der Waals surface area contributed by atoms with Gasteiger partial charge < -0.3 is 10.2 Å². The number of hydrogen-bond acceptors (Lipinski definition) is 2. The maximum absolute atomic E-state index is 3.59. The minimum absolute atomic E-state index is 0.579. The molecule has 1 heterocycles. The first kappa shape index (κ1) is 14.3. The van der Waals surface area contributed by atoms with Gasteiger partial charge in [-0.3, -0.25) is 0 Å². The van der Waals surface area contributed by atoms with Gasteiger partial charge in [0.05, 0.1) is 0 Å². The summed E-state index contributed by atoms with van der Waals surface area (Å²) in [6, 6.07) is 0.863. The highest BCUT2D eigenvalue weighted by Gasteiger charge is 2.35. The van der Waals surface area contributed by atoms with Crippen molar-refractivity contribution in [3.8, 4) is 0 Å². The maximum Gasteiger partial charge on any atom is 0.00924 e. The molecule has 0 amide bonds. The highest BCUT2D eigenvalue weighted by molar-refractivity contribution is 4.91. The molecule has 1 saturated heterocycles. The van der Waals surface area contributed by atoms with Gasteiger partial charge in [-0.2, -0.15) is 0 Å². The fraction of sp³-hybridized carbons (Fsp3) is 1.00. The van der Waals surface area contributed by atoms with Crippen molar-refractivity contribution in [2.75, 3.05) is 26.7 Å². The van der Waals surface area contributed by atoms with E-state index in [0.717, 1.165) is 6.04 Å². The molecule has 18 heavy (non-hydrogen) atoms. The van der Waals surface area contributed by atoms with Crippen LogP contribution in [0.4, 0.5) is 0 Å². The van der Waals surface area contributed by atoms with Crippen LogP contribution in [-0.2, 0) is 0 Å². The Kier molecular flexibility index (Phi) is 5.50. The number of nitrogens with one attached hydrogen (secondary N) is 1. The zero-order valence-electron chi connectivity index (χ0n) is 12.5. The molecule has 2 aliphatic rings. The van der Waals surface area contributed by atoms with E-state index in [1.807, 2.05) is 0 Å². The van der Waals surface area contributed by atoms with Crippen molar-refractivity contribution in [3.63, 3.8) is 0 Å². The lowest BCUT2D eigenvalue weighted by Crippen LogP contribution is -2.42. The topological polar surface area (TPSA) is 15.3 Å². The largest absolute Gasteiger partial charge is 0.316 e. The van der Waals surface area contributed by atoms with Crippen molar-refractivity contribution >= 4 is 0 Å². The Morgan fingerprint density at radius 2 is 1.89 bits per heavy atom. The molecule has 2 rings (SSSR count). The lowest BCUT2D eigenvalue weighted by Gasteiger charge is -2.37. The summed E-state index contributed by atoms with van der Waals surface area (Å²) >= 11 is 0. The highest BCUT2D eigenvalue weighted by Crippen LogP contribution is 2.33. The van der Waals surface area contributed by atoms with Crippen molar-refractivity contribution in [3.05, 3.63) is 0 Å². The molecular weight excluding hydrogens is 220 g/mol. The summed E-state index contributed by atoms with van der Waals surface area (Å²) in [7, 11) is 2.38. The fourth-order valence-electron chi connectivity index (χ4n) is 4.11. The van der Waals surface area contributed by atoms with Crippen LogP contribution in [-0.4, -0.2) is 37.6 Å². The van der Waals surface area contributed by atoms with Gasteiger partial charge in [-0.05, 0) is 44.7 Å². The van der Waals surface area contributed by atoms with E-state index in [4.69, 9.17) is 0 Å². The maximum atomic E-state index is 3.59. The summed E-state index contributed by atoms with van der Waals surface area (Å²) in [5.41, 5.74) is 0.579. The number of rotatable bonds is 5. The Bertz CT molecular complexity index is 225. The quantitative estimate of drug-likeness (QED) is 0.754. The first-order valence-electron chi connectivity index (χ1n) is 8.17. The van der Waals surface area contributed by atoms with E-state index in [1.165, 1.54) is 77.4 Å². The molecule has 0 spiro atoms. The van der Waals surface area contributed by atoms with Crippen LogP contribution in [0.1, 0.15) is 64.7 Å². The molecule has 1 N–H and O–H groups in total. The second kappa shape index (κ2) is 6.91. The van der Waals surface area contributed by atoms with Crippen molar-refractivity contribution in [2.45, 2.75) is 70.8 Å². The molecule has 106 valence electrons. The van der Waals surface area contributed by atoms with Crippen LogP contribution >= 0.6 is 0 Å². The normalized spacial score (nSPS) is 30.8. The lowest BCUT2D eigenvalue weighted by atomic mass is 9.81. The Morgan fingerprint density at radius 3 is 2.44 bits per heavy atom. The molecule has 0 bridgehead atoms. The zero-order chi connectivity index (χ0) is 12.8. The monoisotopic (exact) mass is 252 g/mol. The van der Waals surface area contributed by atoms with Gasteiger partial charge in [0, 0.05) is 19.1 Å². The van der Waals surface area contributed by atoms with Gasteiger partial charge in [0.1, 0.15) is 0 Å². The lowest BCUT2D eigenvalue weighted by molar-refractivity contribution is 0.128. The minimum Gasteiger partial charge on any atom is -0.316 e. The SMILES string of the molecule is CCCC1(CN(C)C2CCCCCC2)CCNC1. The Hall–Kier alpha value is -0.0800. The van der Waals surface area contributed by atoms with Crippen molar-refractivity contribution < 1.29 is 0 Å². The van der Waals surface area contributed by atoms with Crippen LogP contribution in [0.3, 0.4) is 0 Å². The predicted molar refractivity (Wildman–Crippen MR) is 78.9 cm³/mol. The van der Waals surface area contributed by atoms with E-state index >= 15 is 0 Å². The smallest absolute Gasteiger partial charge is 0.00924 e. The van der Waals surface area contributed by atoms with Crippen LogP contribution in [0.15, 0.2) is 0 Å². The molecule has 1 atom stereocenters. The molecule has 2 nitrogen and oxygen atoms in total. The predicted octanol–water partition coefficient (Wildman–Crippen LogP) is 3.42.